The molecule has 0 radical (unpaired) electrons. The van der Waals surface area contributed by atoms with E-state index >= 15 is 0 Å². The Hall–Kier alpha value is -0.730. The fourth-order valence-electron chi connectivity index (χ4n) is 1.32. The summed E-state index contributed by atoms with van der Waals surface area (Å²) in [5.41, 5.74) is 2.12. The van der Waals surface area contributed by atoms with Crippen LogP contribution in [-0.4, -0.2) is 11.4 Å². The van der Waals surface area contributed by atoms with Gasteiger partial charge in [0.05, 0.1) is 6.10 Å². The maximum absolute atomic E-state index is 9.91. The molecule has 1 aromatic carbocycles. The Morgan fingerprint density at radius 1 is 1.36 bits per heavy atom. The molecule has 0 saturated heterocycles. The summed E-state index contributed by atoms with van der Waals surface area (Å²) in [5.74, 6) is 0. The predicted molar refractivity (Wildman–Crippen MR) is 62.6 cm³/mol. The van der Waals surface area contributed by atoms with Crippen LogP contribution >= 0.6 is 11.8 Å². The summed E-state index contributed by atoms with van der Waals surface area (Å²) in [7, 11) is 0. The van der Waals surface area contributed by atoms with Gasteiger partial charge in [0.25, 0.3) is 0 Å². The fourth-order valence-corrected chi connectivity index (χ4v) is 1.96. The predicted octanol–water partition coefficient (Wildman–Crippen LogP) is 3.41. The molecule has 0 aliphatic rings. The number of thioether (sulfide) groups is 1. The molecule has 1 atom stereocenters. The largest absolute Gasteiger partial charge is 0.384 e. The van der Waals surface area contributed by atoms with Crippen molar-refractivity contribution in [3.63, 3.8) is 0 Å². The van der Waals surface area contributed by atoms with Gasteiger partial charge in [0, 0.05) is 4.90 Å². The van der Waals surface area contributed by atoms with E-state index in [0.29, 0.717) is 0 Å². The van der Waals surface area contributed by atoms with Crippen molar-refractivity contribution in [1.82, 2.24) is 0 Å². The first kappa shape index (κ1) is 11.3. The molecule has 0 aromatic heterocycles. The van der Waals surface area contributed by atoms with Crippen LogP contribution < -0.4 is 0 Å². The van der Waals surface area contributed by atoms with Gasteiger partial charge in [-0.1, -0.05) is 29.8 Å². The number of hydrogen-bond acceptors (Lipinski definition) is 2. The molecular weight excluding hydrogens is 192 g/mol. The van der Waals surface area contributed by atoms with Crippen molar-refractivity contribution < 1.29 is 5.11 Å². The third-order valence-electron chi connectivity index (χ3n) is 1.95. The fraction of sp³-hybridized carbons (Fsp3) is 0.333. The summed E-state index contributed by atoms with van der Waals surface area (Å²) >= 11 is 1.66. The van der Waals surface area contributed by atoms with Crippen LogP contribution in [-0.2, 0) is 0 Å². The molecule has 0 heterocycles. The van der Waals surface area contributed by atoms with Crippen molar-refractivity contribution in [3.8, 4) is 0 Å². The number of aliphatic hydroxyl groups is 1. The zero-order valence-corrected chi connectivity index (χ0v) is 9.64. The van der Waals surface area contributed by atoms with Crippen molar-refractivity contribution in [3.05, 3.63) is 41.5 Å². The first-order chi connectivity index (χ1) is 6.65. The van der Waals surface area contributed by atoms with Gasteiger partial charge in [-0.05, 0) is 31.7 Å². The van der Waals surface area contributed by atoms with E-state index in [0.717, 1.165) is 16.0 Å². The van der Waals surface area contributed by atoms with Crippen molar-refractivity contribution in [2.24, 2.45) is 0 Å². The molecule has 0 spiro atoms. The van der Waals surface area contributed by atoms with Crippen LogP contribution in [0.1, 0.15) is 25.5 Å². The van der Waals surface area contributed by atoms with E-state index in [1.807, 2.05) is 50.4 Å². The highest BCUT2D eigenvalue weighted by Gasteiger charge is 2.07. The second kappa shape index (κ2) is 5.23. The molecular formula is C12H16OS. The van der Waals surface area contributed by atoms with Crippen molar-refractivity contribution in [2.45, 2.75) is 24.8 Å². The first-order valence-corrected chi connectivity index (χ1v) is 5.83. The van der Waals surface area contributed by atoms with Crippen LogP contribution in [0.5, 0.6) is 0 Å². The highest BCUT2D eigenvalue weighted by atomic mass is 32.2. The number of hydrogen-bond donors (Lipinski definition) is 1. The lowest BCUT2D eigenvalue weighted by atomic mass is 10.1. The van der Waals surface area contributed by atoms with Gasteiger partial charge in [-0.25, -0.2) is 0 Å². The van der Waals surface area contributed by atoms with Gasteiger partial charge in [-0.3, -0.25) is 0 Å². The topological polar surface area (TPSA) is 20.2 Å². The first-order valence-electron chi connectivity index (χ1n) is 4.61. The molecule has 1 unspecified atom stereocenters. The van der Waals surface area contributed by atoms with E-state index < -0.39 is 6.10 Å². The van der Waals surface area contributed by atoms with Crippen molar-refractivity contribution in [2.75, 3.05) is 6.26 Å². The van der Waals surface area contributed by atoms with Gasteiger partial charge in [0.2, 0.25) is 0 Å². The average molecular weight is 208 g/mol. The maximum atomic E-state index is 9.91. The highest BCUT2D eigenvalue weighted by Crippen LogP contribution is 2.26. The van der Waals surface area contributed by atoms with Crippen LogP contribution in [0.2, 0.25) is 0 Å². The molecule has 2 heteroatoms. The monoisotopic (exact) mass is 208 g/mol. The molecule has 0 aliphatic heterocycles. The summed E-state index contributed by atoms with van der Waals surface area (Å²) in [6.07, 6.45) is 3.41. The lowest BCUT2D eigenvalue weighted by Crippen LogP contribution is -1.95. The lowest BCUT2D eigenvalue weighted by Gasteiger charge is -2.11. The number of aliphatic hydroxyl groups excluding tert-OH is 1. The van der Waals surface area contributed by atoms with Crippen molar-refractivity contribution in [1.29, 1.82) is 0 Å². The molecule has 76 valence electrons. The summed E-state index contributed by atoms with van der Waals surface area (Å²) in [4.78, 5) is 1.14. The molecule has 14 heavy (non-hydrogen) atoms. The van der Waals surface area contributed by atoms with E-state index in [-0.39, 0.29) is 0 Å². The van der Waals surface area contributed by atoms with Gasteiger partial charge >= 0.3 is 0 Å². The van der Waals surface area contributed by atoms with Crippen LogP contribution in [0.25, 0.3) is 0 Å². The Bertz CT molecular complexity index is 327. The van der Waals surface area contributed by atoms with Gasteiger partial charge in [0.15, 0.2) is 0 Å². The standard InChI is InChI=1S/C12H16OS/c1-9(2)8-11(13)10-6-4-5-7-12(10)14-3/h4-8,11,13H,1-3H3. The van der Waals surface area contributed by atoms with Gasteiger partial charge in [-0.15, -0.1) is 11.8 Å². The maximum Gasteiger partial charge on any atom is 0.0985 e. The third kappa shape index (κ3) is 2.89. The van der Waals surface area contributed by atoms with Crippen LogP contribution in [0.4, 0.5) is 0 Å². The number of allylic oxidation sites excluding steroid dienone is 1. The summed E-state index contributed by atoms with van der Waals surface area (Å²) in [6.45, 7) is 3.98. The minimum absolute atomic E-state index is 0.483. The molecule has 0 amide bonds. The molecule has 0 aliphatic carbocycles. The molecule has 1 rings (SSSR count). The molecule has 1 aromatic rings. The van der Waals surface area contributed by atoms with Crippen LogP contribution in [0, 0.1) is 0 Å². The molecule has 1 nitrogen and oxygen atoms in total. The summed E-state index contributed by atoms with van der Waals surface area (Å²) in [5, 5.41) is 9.91. The second-order valence-corrected chi connectivity index (χ2v) is 4.28. The summed E-state index contributed by atoms with van der Waals surface area (Å²) in [6, 6.07) is 7.94. The molecule has 0 fully saturated rings. The Morgan fingerprint density at radius 2 is 2.00 bits per heavy atom. The SMILES string of the molecule is CSc1ccccc1C(O)C=C(C)C. The third-order valence-corrected chi connectivity index (χ3v) is 2.76. The Labute approximate surface area is 89.8 Å². The number of benzene rings is 1. The van der Waals surface area contributed by atoms with E-state index in [2.05, 4.69) is 0 Å². The minimum Gasteiger partial charge on any atom is -0.384 e. The second-order valence-electron chi connectivity index (χ2n) is 3.43. The van der Waals surface area contributed by atoms with E-state index in [1.54, 1.807) is 11.8 Å². The van der Waals surface area contributed by atoms with E-state index in [1.165, 1.54) is 0 Å². The van der Waals surface area contributed by atoms with Crippen molar-refractivity contribution >= 4 is 11.8 Å². The molecule has 0 saturated carbocycles. The van der Waals surface area contributed by atoms with Gasteiger partial charge in [-0.2, -0.15) is 0 Å². The Kier molecular flexibility index (Phi) is 4.23. The van der Waals surface area contributed by atoms with Crippen LogP contribution in [0.3, 0.4) is 0 Å². The van der Waals surface area contributed by atoms with Crippen LogP contribution in [0.15, 0.2) is 40.8 Å². The smallest absolute Gasteiger partial charge is 0.0985 e. The average Bonchev–Trinajstić information content (AvgIpc) is 2.16. The normalized spacial score (nSPS) is 12.3. The Morgan fingerprint density at radius 3 is 2.57 bits per heavy atom. The summed E-state index contributed by atoms with van der Waals surface area (Å²) < 4.78 is 0. The van der Waals surface area contributed by atoms with E-state index in [4.69, 9.17) is 0 Å². The lowest BCUT2D eigenvalue weighted by molar-refractivity contribution is 0.225. The zero-order chi connectivity index (χ0) is 10.6. The van der Waals surface area contributed by atoms with Gasteiger partial charge < -0.3 is 5.11 Å². The quantitative estimate of drug-likeness (QED) is 0.607. The molecule has 0 bridgehead atoms. The van der Waals surface area contributed by atoms with E-state index in [9.17, 15) is 5.11 Å². The Balaban J connectivity index is 2.99. The molecule has 1 N–H and O–H groups in total. The highest BCUT2D eigenvalue weighted by molar-refractivity contribution is 7.98. The number of rotatable bonds is 3. The zero-order valence-electron chi connectivity index (χ0n) is 8.82. The van der Waals surface area contributed by atoms with Gasteiger partial charge in [0.1, 0.15) is 0 Å². The minimum atomic E-state index is -0.483.